The van der Waals surface area contributed by atoms with Gasteiger partial charge in [-0.1, -0.05) is 0 Å². The normalized spacial score (nSPS) is 14.3. The molecule has 1 saturated heterocycles. The average Bonchev–Trinajstić information content (AvgIpc) is 2.79. The molecule has 0 aromatic heterocycles. The number of piperazine rings is 1. The van der Waals surface area contributed by atoms with Gasteiger partial charge in [-0.2, -0.15) is 0 Å². The average molecular weight is 436 g/mol. The number of halogens is 2. The molecule has 7 nitrogen and oxygen atoms in total. The summed E-state index contributed by atoms with van der Waals surface area (Å²) >= 11 is 0. The van der Waals surface area contributed by atoms with Gasteiger partial charge < -0.3 is 23.8 Å². The van der Waals surface area contributed by atoms with Gasteiger partial charge in [-0.3, -0.25) is 9.69 Å². The first-order valence-electron chi connectivity index (χ1n) is 9.82. The first-order chi connectivity index (χ1) is 14.9. The molecular weight excluding hydrogens is 410 g/mol. The van der Waals surface area contributed by atoms with Crippen molar-refractivity contribution in [1.82, 2.24) is 9.80 Å². The topological polar surface area (TPSA) is 60.5 Å². The summed E-state index contributed by atoms with van der Waals surface area (Å²) in [7, 11) is 4.51. The molecule has 0 aliphatic carbocycles. The van der Waals surface area contributed by atoms with E-state index in [9.17, 15) is 13.6 Å². The maximum atomic E-state index is 13.8. The van der Waals surface area contributed by atoms with Gasteiger partial charge in [0.15, 0.2) is 18.1 Å². The van der Waals surface area contributed by atoms with Crippen LogP contribution in [0.15, 0.2) is 30.3 Å². The number of ether oxygens (including phenoxy) is 4. The summed E-state index contributed by atoms with van der Waals surface area (Å²) in [6.07, 6.45) is 0. The second-order valence-corrected chi connectivity index (χ2v) is 7.04. The quantitative estimate of drug-likeness (QED) is 0.634. The molecule has 2 aromatic rings. The van der Waals surface area contributed by atoms with E-state index < -0.39 is 11.6 Å². The van der Waals surface area contributed by atoms with Gasteiger partial charge >= 0.3 is 0 Å². The Morgan fingerprint density at radius 2 is 1.58 bits per heavy atom. The van der Waals surface area contributed by atoms with Crippen LogP contribution in [-0.4, -0.2) is 69.8 Å². The van der Waals surface area contributed by atoms with E-state index in [-0.39, 0.29) is 12.5 Å². The molecule has 0 bridgehead atoms. The lowest BCUT2D eigenvalue weighted by molar-refractivity contribution is -0.135. The van der Waals surface area contributed by atoms with Crippen LogP contribution in [0.25, 0.3) is 0 Å². The third kappa shape index (κ3) is 5.55. The number of hydrogen-bond acceptors (Lipinski definition) is 6. The van der Waals surface area contributed by atoms with E-state index in [1.807, 2.05) is 4.90 Å². The number of rotatable bonds is 8. The van der Waals surface area contributed by atoms with Crippen LogP contribution in [0.4, 0.5) is 8.78 Å². The van der Waals surface area contributed by atoms with Crippen LogP contribution in [0, 0.1) is 11.6 Å². The molecule has 1 aliphatic rings. The summed E-state index contributed by atoms with van der Waals surface area (Å²) in [5.74, 6) is 0.667. The first kappa shape index (κ1) is 22.6. The minimum atomic E-state index is -0.464. The van der Waals surface area contributed by atoms with Crippen molar-refractivity contribution in [2.45, 2.75) is 6.54 Å². The van der Waals surface area contributed by atoms with Gasteiger partial charge in [-0.25, -0.2) is 8.78 Å². The maximum absolute atomic E-state index is 13.8. The van der Waals surface area contributed by atoms with Crippen LogP contribution in [0.1, 0.15) is 5.56 Å². The molecule has 1 aliphatic heterocycles. The summed E-state index contributed by atoms with van der Waals surface area (Å²) in [4.78, 5) is 16.2. The van der Waals surface area contributed by atoms with Crippen LogP contribution < -0.4 is 18.9 Å². The van der Waals surface area contributed by atoms with Crippen molar-refractivity contribution >= 4 is 5.91 Å². The lowest BCUT2D eigenvalue weighted by atomic mass is 10.1. The van der Waals surface area contributed by atoms with Crippen LogP contribution in [-0.2, 0) is 11.3 Å². The Balaban J connectivity index is 1.53. The van der Waals surface area contributed by atoms with E-state index in [1.165, 1.54) is 27.4 Å². The van der Waals surface area contributed by atoms with Crippen LogP contribution in [0.2, 0.25) is 0 Å². The third-order valence-corrected chi connectivity index (χ3v) is 5.13. The van der Waals surface area contributed by atoms with Gasteiger partial charge in [-0.05, 0) is 18.2 Å². The highest BCUT2D eigenvalue weighted by Crippen LogP contribution is 2.40. The van der Waals surface area contributed by atoms with Crippen molar-refractivity contribution < 1.29 is 32.5 Å². The number of benzene rings is 2. The zero-order valence-corrected chi connectivity index (χ0v) is 17.8. The van der Waals surface area contributed by atoms with Gasteiger partial charge in [0.05, 0.1) is 21.3 Å². The molecule has 0 atom stereocenters. The minimum Gasteiger partial charge on any atom is -0.493 e. The van der Waals surface area contributed by atoms with Crippen molar-refractivity contribution in [1.29, 1.82) is 0 Å². The summed E-state index contributed by atoms with van der Waals surface area (Å²) in [6.45, 7) is 2.24. The van der Waals surface area contributed by atoms with Gasteiger partial charge in [0.25, 0.3) is 5.91 Å². The molecule has 3 rings (SSSR count). The molecule has 1 heterocycles. The first-order valence-corrected chi connectivity index (χ1v) is 9.82. The zero-order valence-electron chi connectivity index (χ0n) is 17.8. The number of hydrogen-bond donors (Lipinski definition) is 0. The fraction of sp³-hybridized carbons (Fsp3) is 0.409. The van der Waals surface area contributed by atoms with Crippen molar-refractivity contribution in [3.05, 3.63) is 47.5 Å². The minimum absolute atomic E-state index is 0.142. The molecule has 2 aromatic carbocycles. The van der Waals surface area contributed by atoms with E-state index in [2.05, 4.69) is 0 Å². The second-order valence-electron chi connectivity index (χ2n) is 7.04. The van der Waals surface area contributed by atoms with Crippen molar-refractivity contribution in [3.63, 3.8) is 0 Å². The molecule has 9 heteroatoms. The van der Waals surface area contributed by atoms with Gasteiger partial charge in [0.2, 0.25) is 5.75 Å². The standard InChI is InChI=1S/C22H26F2N2O5/c1-28-19-11-17(12-20(29-2)22(19)30-3)31-14-21(27)26-8-6-25(7-9-26)13-15-10-16(23)4-5-18(15)24/h4-5,10-12H,6-9,13-14H2,1-3H3. The number of carbonyl (C=O) groups excluding carboxylic acids is 1. The monoisotopic (exact) mass is 436 g/mol. The van der Waals surface area contributed by atoms with E-state index in [0.29, 0.717) is 61.3 Å². The lowest BCUT2D eigenvalue weighted by Gasteiger charge is -2.34. The van der Waals surface area contributed by atoms with E-state index in [1.54, 1.807) is 17.0 Å². The Kier molecular flexibility index (Phi) is 7.51. The molecule has 0 saturated carbocycles. The van der Waals surface area contributed by atoms with Crippen LogP contribution in [0.5, 0.6) is 23.0 Å². The predicted molar refractivity (Wildman–Crippen MR) is 110 cm³/mol. The Labute approximate surface area is 180 Å². The van der Waals surface area contributed by atoms with Crippen molar-refractivity contribution in [3.8, 4) is 23.0 Å². The van der Waals surface area contributed by atoms with Crippen molar-refractivity contribution in [2.24, 2.45) is 0 Å². The van der Waals surface area contributed by atoms with Gasteiger partial charge in [0, 0.05) is 50.4 Å². The maximum Gasteiger partial charge on any atom is 0.260 e. The van der Waals surface area contributed by atoms with Crippen molar-refractivity contribution in [2.75, 3.05) is 54.1 Å². The molecule has 168 valence electrons. The van der Waals surface area contributed by atoms with E-state index in [4.69, 9.17) is 18.9 Å². The molecular formula is C22H26F2N2O5. The fourth-order valence-corrected chi connectivity index (χ4v) is 3.44. The van der Waals surface area contributed by atoms with E-state index >= 15 is 0 Å². The molecule has 1 amide bonds. The Morgan fingerprint density at radius 1 is 0.935 bits per heavy atom. The largest absolute Gasteiger partial charge is 0.493 e. The molecule has 0 unspecified atom stereocenters. The summed E-state index contributed by atoms with van der Waals surface area (Å²) in [5, 5.41) is 0. The second kappa shape index (κ2) is 10.3. The molecule has 0 radical (unpaired) electrons. The number of methoxy groups -OCH3 is 3. The zero-order chi connectivity index (χ0) is 22.4. The fourth-order valence-electron chi connectivity index (χ4n) is 3.44. The number of nitrogens with zero attached hydrogens (tertiary/aromatic N) is 2. The van der Waals surface area contributed by atoms with Crippen LogP contribution >= 0.6 is 0 Å². The lowest BCUT2D eigenvalue weighted by Crippen LogP contribution is -2.49. The molecule has 31 heavy (non-hydrogen) atoms. The Morgan fingerprint density at radius 3 is 2.16 bits per heavy atom. The summed E-state index contributed by atoms with van der Waals surface area (Å²) in [6, 6.07) is 6.69. The number of carbonyl (C=O) groups is 1. The summed E-state index contributed by atoms with van der Waals surface area (Å²) < 4.78 is 48.7. The SMILES string of the molecule is COc1cc(OCC(=O)N2CCN(Cc3cc(F)ccc3F)CC2)cc(OC)c1OC. The highest BCUT2D eigenvalue weighted by molar-refractivity contribution is 5.78. The number of amides is 1. The Hall–Kier alpha value is -3.07. The van der Waals surface area contributed by atoms with Crippen LogP contribution in [0.3, 0.4) is 0 Å². The highest BCUT2D eigenvalue weighted by Gasteiger charge is 2.23. The Bertz CT molecular complexity index is 892. The van der Waals surface area contributed by atoms with Gasteiger partial charge in [0.1, 0.15) is 17.4 Å². The molecule has 0 N–H and O–H groups in total. The highest BCUT2D eigenvalue weighted by atomic mass is 19.1. The third-order valence-electron chi connectivity index (χ3n) is 5.13. The molecule has 1 fully saturated rings. The van der Waals surface area contributed by atoms with E-state index in [0.717, 1.165) is 12.1 Å². The smallest absolute Gasteiger partial charge is 0.260 e. The predicted octanol–water partition coefficient (Wildman–Crippen LogP) is 2.71. The summed E-state index contributed by atoms with van der Waals surface area (Å²) in [5.41, 5.74) is 0.311. The van der Waals surface area contributed by atoms with Gasteiger partial charge in [-0.15, -0.1) is 0 Å². The molecule has 0 spiro atoms.